The molecule has 1 amide bonds. The largest absolute Gasteiger partial charge is 0.417 e. The van der Waals surface area contributed by atoms with E-state index in [4.69, 9.17) is 4.42 Å². The second-order valence-electron chi connectivity index (χ2n) is 6.21. The molecule has 0 spiro atoms. The van der Waals surface area contributed by atoms with Gasteiger partial charge in [0.25, 0.3) is 5.91 Å². The summed E-state index contributed by atoms with van der Waals surface area (Å²) in [5.41, 5.74) is 3.65. The molecule has 24 heavy (non-hydrogen) atoms. The van der Waals surface area contributed by atoms with Crippen molar-refractivity contribution < 1.29 is 9.21 Å². The number of carbonyl (C=O) groups excluding carboxylic acids is 1. The van der Waals surface area contributed by atoms with Gasteiger partial charge in [-0.25, -0.2) is 4.79 Å². The molecule has 1 fully saturated rings. The van der Waals surface area contributed by atoms with E-state index in [2.05, 4.69) is 15.2 Å². The fourth-order valence-electron chi connectivity index (χ4n) is 3.48. The number of fused-ring (bicyclic) bond motifs is 1. The summed E-state index contributed by atoms with van der Waals surface area (Å²) in [6.07, 6.45) is 3.69. The Labute approximate surface area is 137 Å². The van der Waals surface area contributed by atoms with Gasteiger partial charge in [0.15, 0.2) is 5.58 Å². The van der Waals surface area contributed by atoms with E-state index in [1.54, 1.807) is 18.2 Å². The number of nitrogens with zero attached hydrogens (tertiary/aromatic N) is 2. The van der Waals surface area contributed by atoms with Gasteiger partial charge >= 0.3 is 5.76 Å². The summed E-state index contributed by atoms with van der Waals surface area (Å²) in [4.78, 5) is 28.6. The second-order valence-corrected chi connectivity index (χ2v) is 6.21. The van der Waals surface area contributed by atoms with Gasteiger partial charge in [0, 0.05) is 18.8 Å². The van der Waals surface area contributed by atoms with E-state index < -0.39 is 5.76 Å². The van der Waals surface area contributed by atoms with E-state index in [1.807, 2.05) is 18.0 Å². The maximum absolute atomic E-state index is 12.8. The highest BCUT2D eigenvalue weighted by Gasteiger charge is 2.27. The number of aromatic nitrogens is 3. The molecule has 7 heteroatoms. The molecule has 0 aliphatic carbocycles. The highest BCUT2D eigenvalue weighted by Crippen LogP contribution is 2.30. The van der Waals surface area contributed by atoms with Crippen molar-refractivity contribution in [3.05, 3.63) is 51.8 Å². The molecule has 1 aromatic carbocycles. The molecular formula is C17H18N4O3. The fraction of sp³-hybridized carbons (Fsp3) is 0.353. The number of para-hydroxylation sites is 1. The van der Waals surface area contributed by atoms with Gasteiger partial charge in [-0.2, -0.15) is 5.10 Å². The number of aryl methyl sites for hydroxylation is 1. The number of carbonyl (C=O) groups is 1. The average Bonchev–Trinajstić information content (AvgIpc) is 3.18. The lowest BCUT2D eigenvalue weighted by atomic mass is 9.89. The lowest BCUT2D eigenvalue weighted by Gasteiger charge is -2.32. The van der Waals surface area contributed by atoms with Crippen LogP contribution in [0.4, 0.5) is 0 Å². The number of likely N-dealkylation sites (tertiary alicyclic amines) is 1. The highest BCUT2D eigenvalue weighted by atomic mass is 16.4. The maximum atomic E-state index is 12.8. The summed E-state index contributed by atoms with van der Waals surface area (Å²) >= 11 is 0. The summed E-state index contributed by atoms with van der Waals surface area (Å²) in [6.45, 7) is 3.38. The molecule has 1 aliphatic heterocycles. The molecule has 124 valence electrons. The van der Waals surface area contributed by atoms with Crippen molar-refractivity contribution in [3.63, 3.8) is 0 Å². The van der Waals surface area contributed by atoms with Crippen molar-refractivity contribution in [3.8, 4) is 0 Å². The smallest absolute Gasteiger partial charge is 0.407 e. The molecule has 1 saturated heterocycles. The summed E-state index contributed by atoms with van der Waals surface area (Å²) in [5, 5.41) is 7.06. The van der Waals surface area contributed by atoms with Gasteiger partial charge in [0.1, 0.15) is 0 Å². The molecule has 0 atom stereocenters. The first-order valence-corrected chi connectivity index (χ1v) is 8.04. The van der Waals surface area contributed by atoms with Crippen LogP contribution in [0.5, 0.6) is 0 Å². The molecule has 3 heterocycles. The lowest BCUT2D eigenvalue weighted by Crippen LogP contribution is -2.38. The number of hydrogen-bond donors (Lipinski definition) is 2. The zero-order valence-corrected chi connectivity index (χ0v) is 13.3. The Morgan fingerprint density at radius 1 is 1.33 bits per heavy atom. The molecule has 1 aliphatic rings. The minimum Gasteiger partial charge on any atom is -0.407 e. The molecule has 0 saturated carbocycles. The number of hydrogen-bond acceptors (Lipinski definition) is 4. The van der Waals surface area contributed by atoms with Gasteiger partial charge in [-0.1, -0.05) is 6.07 Å². The normalized spacial score (nSPS) is 16.0. The SMILES string of the molecule is Cc1[nH]ncc1C1CCN(C(=O)c2cccc3[nH]c(=O)oc23)CC1. The Morgan fingerprint density at radius 3 is 2.83 bits per heavy atom. The first kappa shape index (κ1) is 14.7. The van der Waals surface area contributed by atoms with E-state index in [0.717, 1.165) is 18.5 Å². The fourth-order valence-corrected chi connectivity index (χ4v) is 3.48. The third kappa shape index (κ3) is 2.42. The minimum atomic E-state index is -0.542. The Hall–Kier alpha value is -2.83. The van der Waals surface area contributed by atoms with Crippen LogP contribution < -0.4 is 5.76 Å². The van der Waals surface area contributed by atoms with Crippen LogP contribution in [-0.2, 0) is 0 Å². The topological polar surface area (TPSA) is 95.0 Å². The van der Waals surface area contributed by atoms with Crippen LogP contribution in [0.1, 0.15) is 40.4 Å². The van der Waals surface area contributed by atoms with Crippen LogP contribution in [0, 0.1) is 6.92 Å². The molecule has 0 radical (unpaired) electrons. The second kappa shape index (κ2) is 5.67. The monoisotopic (exact) mass is 326 g/mol. The zero-order chi connectivity index (χ0) is 16.7. The maximum Gasteiger partial charge on any atom is 0.417 e. The van der Waals surface area contributed by atoms with Crippen LogP contribution in [-0.4, -0.2) is 39.1 Å². The van der Waals surface area contributed by atoms with Gasteiger partial charge in [0.2, 0.25) is 0 Å². The molecule has 4 rings (SSSR count). The van der Waals surface area contributed by atoms with Crippen LogP contribution >= 0.6 is 0 Å². The molecule has 2 aromatic heterocycles. The third-order valence-electron chi connectivity index (χ3n) is 4.77. The molecule has 0 unspecified atom stereocenters. The van der Waals surface area contributed by atoms with E-state index >= 15 is 0 Å². The van der Waals surface area contributed by atoms with E-state index in [9.17, 15) is 9.59 Å². The first-order chi connectivity index (χ1) is 11.6. The first-order valence-electron chi connectivity index (χ1n) is 8.04. The summed E-state index contributed by atoms with van der Waals surface area (Å²) in [6, 6.07) is 5.18. The number of H-pyrrole nitrogens is 2. The Bertz CT molecular complexity index is 944. The summed E-state index contributed by atoms with van der Waals surface area (Å²) in [5.74, 6) is -0.209. The number of oxazole rings is 1. The van der Waals surface area contributed by atoms with E-state index in [0.29, 0.717) is 35.7 Å². The van der Waals surface area contributed by atoms with Crippen molar-refractivity contribution in [2.45, 2.75) is 25.7 Å². The zero-order valence-electron chi connectivity index (χ0n) is 13.3. The predicted octanol–water partition coefficient (Wildman–Crippen LogP) is 2.17. The van der Waals surface area contributed by atoms with Crippen molar-refractivity contribution >= 4 is 17.0 Å². The number of rotatable bonds is 2. The number of piperidine rings is 1. The molecular weight excluding hydrogens is 308 g/mol. The van der Waals surface area contributed by atoms with Gasteiger partial charge in [-0.05, 0) is 43.4 Å². The third-order valence-corrected chi connectivity index (χ3v) is 4.77. The van der Waals surface area contributed by atoms with Gasteiger partial charge in [0.05, 0.1) is 17.3 Å². The number of benzene rings is 1. The molecule has 3 aromatic rings. The van der Waals surface area contributed by atoms with Crippen LogP contribution in [0.25, 0.3) is 11.1 Å². The molecule has 2 N–H and O–H groups in total. The number of nitrogens with one attached hydrogen (secondary N) is 2. The minimum absolute atomic E-state index is 0.0919. The van der Waals surface area contributed by atoms with Crippen molar-refractivity contribution in [2.24, 2.45) is 0 Å². The Kier molecular flexibility index (Phi) is 3.48. The van der Waals surface area contributed by atoms with Gasteiger partial charge in [-0.3, -0.25) is 14.9 Å². The van der Waals surface area contributed by atoms with Crippen molar-refractivity contribution in [1.29, 1.82) is 0 Å². The Balaban J connectivity index is 1.54. The van der Waals surface area contributed by atoms with Crippen LogP contribution in [0.15, 0.2) is 33.6 Å². The predicted molar refractivity (Wildman–Crippen MR) is 88.0 cm³/mol. The van der Waals surface area contributed by atoms with E-state index in [1.165, 1.54) is 5.56 Å². The number of aromatic amines is 2. The van der Waals surface area contributed by atoms with Crippen molar-refractivity contribution in [1.82, 2.24) is 20.1 Å². The number of amides is 1. The molecule has 7 nitrogen and oxygen atoms in total. The van der Waals surface area contributed by atoms with Crippen LogP contribution in [0.3, 0.4) is 0 Å². The highest BCUT2D eigenvalue weighted by molar-refractivity contribution is 6.04. The molecule has 0 bridgehead atoms. The standard InChI is InChI=1S/C17H18N4O3/c1-10-13(9-18-20-10)11-5-7-21(8-6-11)16(22)12-3-2-4-14-15(12)24-17(23)19-14/h2-4,9,11H,5-8H2,1H3,(H,18,20)(H,19,23). The van der Waals surface area contributed by atoms with Crippen molar-refractivity contribution in [2.75, 3.05) is 13.1 Å². The lowest BCUT2D eigenvalue weighted by molar-refractivity contribution is 0.0714. The van der Waals surface area contributed by atoms with Crippen LogP contribution in [0.2, 0.25) is 0 Å². The summed E-state index contributed by atoms with van der Waals surface area (Å²) in [7, 11) is 0. The quantitative estimate of drug-likeness (QED) is 0.754. The van der Waals surface area contributed by atoms with Gasteiger partial charge in [-0.15, -0.1) is 0 Å². The summed E-state index contributed by atoms with van der Waals surface area (Å²) < 4.78 is 5.14. The van der Waals surface area contributed by atoms with E-state index in [-0.39, 0.29) is 5.91 Å². The Morgan fingerprint density at radius 2 is 2.12 bits per heavy atom. The van der Waals surface area contributed by atoms with Gasteiger partial charge < -0.3 is 9.32 Å². The average molecular weight is 326 g/mol.